The maximum atomic E-state index is 14.0. The van der Waals surface area contributed by atoms with Crippen LogP contribution in [0.4, 0.5) is 8.78 Å². The molecule has 1 amide bonds. The Bertz CT molecular complexity index is 1300. The molecule has 0 N–H and O–H groups in total. The molecule has 0 saturated carbocycles. The molecule has 1 saturated heterocycles. The minimum Gasteiger partial charge on any atom is -0.441 e. The zero-order valence-electron chi connectivity index (χ0n) is 18.9. The highest BCUT2D eigenvalue weighted by atomic mass is 32.2. The molecule has 180 valence electrons. The molecule has 2 heterocycles. The number of aromatic nitrogens is 1. The minimum absolute atomic E-state index is 0.0439. The Balaban J connectivity index is 1.33. The van der Waals surface area contributed by atoms with E-state index >= 15 is 0 Å². The predicted molar refractivity (Wildman–Crippen MR) is 121 cm³/mol. The fraction of sp³-hybridized carbons (Fsp3) is 0.333. The second kappa shape index (κ2) is 9.63. The number of aryl methyl sites for hydroxylation is 3. The maximum absolute atomic E-state index is 14.0. The molecule has 0 aliphatic carbocycles. The molecule has 0 unspecified atom stereocenters. The SMILES string of the molecule is Cc1ccc(-c2cnc(CCC(=O)N3CCN(S(=O)(=O)c4c(F)cccc4F)CC3)o2)cc1C. The summed E-state index contributed by atoms with van der Waals surface area (Å²) in [6.07, 6.45) is 2.10. The van der Waals surface area contributed by atoms with E-state index in [1.165, 1.54) is 10.5 Å². The number of nitrogens with zero attached hydrogens (tertiary/aromatic N) is 3. The molecule has 4 rings (SSSR count). The number of sulfonamides is 1. The van der Waals surface area contributed by atoms with Gasteiger partial charge in [-0.25, -0.2) is 22.2 Å². The van der Waals surface area contributed by atoms with E-state index in [9.17, 15) is 22.0 Å². The molecule has 2 aromatic carbocycles. The Morgan fingerprint density at radius 2 is 1.71 bits per heavy atom. The molecular formula is C24H25F2N3O4S. The number of hydrogen-bond donors (Lipinski definition) is 0. The van der Waals surface area contributed by atoms with E-state index in [0.29, 0.717) is 18.1 Å². The zero-order chi connectivity index (χ0) is 24.5. The monoisotopic (exact) mass is 489 g/mol. The Morgan fingerprint density at radius 1 is 1.03 bits per heavy atom. The lowest BCUT2D eigenvalue weighted by Crippen LogP contribution is -2.50. The van der Waals surface area contributed by atoms with Gasteiger partial charge in [0.1, 0.15) is 11.6 Å². The van der Waals surface area contributed by atoms with Gasteiger partial charge in [-0.2, -0.15) is 4.31 Å². The standard InChI is InChI=1S/C24H25F2N3O4S/c1-16-6-7-18(14-17(16)2)21-15-27-22(33-21)8-9-23(30)28-10-12-29(13-11-28)34(31,32)24-19(25)4-3-5-20(24)26/h3-7,14-15H,8-13H2,1-2H3. The van der Waals surface area contributed by atoms with Crippen molar-refractivity contribution in [2.24, 2.45) is 0 Å². The van der Waals surface area contributed by atoms with Crippen LogP contribution >= 0.6 is 0 Å². The lowest BCUT2D eigenvalue weighted by molar-refractivity contribution is -0.132. The Hall–Kier alpha value is -3.11. The average molecular weight is 490 g/mol. The molecule has 7 nitrogen and oxygen atoms in total. The van der Waals surface area contributed by atoms with Gasteiger partial charge in [0.25, 0.3) is 0 Å². The van der Waals surface area contributed by atoms with Crippen molar-refractivity contribution < 1.29 is 26.4 Å². The Kier molecular flexibility index (Phi) is 6.81. The van der Waals surface area contributed by atoms with Crippen LogP contribution in [0, 0.1) is 25.5 Å². The van der Waals surface area contributed by atoms with Crippen molar-refractivity contribution in [1.29, 1.82) is 0 Å². The topological polar surface area (TPSA) is 83.7 Å². The number of halogens is 2. The number of oxazole rings is 1. The minimum atomic E-state index is -4.34. The Morgan fingerprint density at radius 3 is 2.35 bits per heavy atom. The van der Waals surface area contributed by atoms with Crippen LogP contribution in [-0.4, -0.2) is 54.7 Å². The van der Waals surface area contributed by atoms with Gasteiger partial charge in [0.2, 0.25) is 15.9 Å². The second-order valence-corrected chi connectivity index (χ2v) is 10.1. The molecule has 1 aliphatic heterocycles. The van der Waals surface area contributed by atoms with Gasteiger partial charge in [-0.05, 0) is 43.2 Å². The van der Waals surface area contributed by atoms with Crippen molar-refractivity contribution in [3.63, 3.8) is 0 Å². The summed E-state index contributed by atoms with van der Waals surface area (Å²) < 4.78 is 60.2. The number of hydrogen-bond acceptors (Lipinski definition) is 5. The number of amides is 1. The largest absolute Gasteiger partial charge is 0.441 e. The van der Waals surface area contributed by atoms with Crippen LogP contribution in [0.2, 0.25) is 0 Å². The third-order valence-electron chi connectivity index (χ3n) is 6.01. The van der Waals surface area contributed by atoms with Gasteiger partial charge in [-0.3, -0.25) is 4.79 Å². The van der Waals surface area contributed by atoms with Crippen molar-refractivity contribution in [1.82, 2.24) is 14.2 Å². The highest BCUT2D eigenvalue weighted by Gasteiger charge is 2.34. The van der Waals surface area contributed by atoms with Crippen LogP contribution < -0.4 is 0 Å². The lowest BCUT2D eigenvalue weighted by Gasteiger charge is -2.34. The highest BCUT2D eigenvalue weighted by Crippen LogP contribution is 2.25. The number of benzene rings is 2. The first-order valence-electron chi connectivity index (χ1n) is 10.9. The Labute approximate surface area is 197 Å². The average Bonchev–Trinajstić information content (AvgIpc) is 3.28. The normalized spacial score (nSPS) is 15.0. The second-order valence-electron chi connectivity index (χ2n) is 8.25. The van der Waals surface area contributed by atoms with E-state index in [1.807, 2.05) is 32.0 Å². The lowest BCUT2D eigenvalue weighted by atomic mass is 10.1. The van der Waals surface area contributed by atoms with Gasteiger partial charge in [-0.1, -0.05) is 18.2 Å². The molecule has 1 fully saturated rings. The van der Waals surface area contributed by atoms with Gasteiger partial charge in [0.05, 0.1) is 6.20 Å². The van der Waals surface area contributed by atoms with Crippen molar-refractivity contribution in [3.8, 4) is 11.3 Å². The summed E-state index contributed by atoms with van der Waals surface area (Å²) in [5.41, 5.74) is 3.24. The van der Waals surface area contributed by atoms with E-state index in [2.05, 4.69) is 4.98 Å². The smallest absolute Gasteiger partial charge is 0.249 e. The van der Waals surface area contributed by atoms with Crippen LogP contribution in [0.15, 0.2) is 51.9 Å². The third-order valence-corrected chi connectivity index (χ3v) is 7.96. The maximum Gasteiger partial charge on any atom is 0.249 e. The number of piperazine rings is 1. The molecule has 10 heteroatoms. The summed E-state index contributed by atoms with van der Waals surface area (Å²) >= 11 is 0. The number of carbonyl (C=O) groups excluding carboxylic acids is 1. The molecule has 0 radical (unpaired) electrons. The van der Waals surface area contributed by atoms with Crippen LogP contribution in [0.1, 0.15) is 23.4 Å². The number of rotatable bonds is 6. The molecular weight excluding hydrogens is 464 g/mol. The van der Waals surface area contributed by atoms with Gasteiger partial charge in [0.15, 0.2) is 16.5 Å². The fourth-order valence-corrected chi connectivity index (χ4v) is 5.39. The van der Waals surface area contributed by atoms with Crippen LogP contribution in [-0.2, 0) is 21.2 Å². The molecule has 1 aromatic heterocycles. The summed E-state index contributed by atoms with van der Waals surface area (Å²) in [7, 11) is -4.34. The van der Waals surface area contributed by atoms with E-state index < -0.39 is 26.6 Å². The van der Waals surface area contributed by atoms with Gasteiger partial charge >= 0.3 is 0 Å². The quantitative estimate of drug-likeness (QED) is 0.527. The summed E-state index contributed by atoms with van der Waals surface area (Å²) in [5.74, 6) is -1.36. The molecule has 0 bridgehead atoms. The van der Waals surface area contributed by atoms with Gasteiger partial charge in [-0.15, -0.1) is 0 Å². The first-order valence-corrected chi connectivity index (χ1v) is 12.3. The van der Waals surface area contributed by atoms with E-state index in [4.69, 9.17) is 4.42 Å². The van der Waals surface area contributed by atoms with Crippen molar-refractivity contribution in [2.45, 2.75) is 31.6 Å². The number of carbonyl (C=O) groups is 1. The summed E-state index contributed by atoms with van der Waals surface area (Å²) in [4.78, 5) is 17.5. The first kappa shape index (κ1) is 24.0. The fourth-order valence-electron chi connectivity index (χ4n) is 3.86. The van der Waals surface area contributed by atoms with Gasteiger partial charge in [0, 0.05) is 44.6 Å². The molecule has 1 aliphatic rings. The summed E-state index contributed by atoms with van der Waals surface area (Å²) in [6, 6.07) is 8.91. The van der Waals surface area contributed by atoms with Crippen LogP contribution in [0.5, 0.6) is 0 Å². The van der Waals surface area contributed by atoms with E-state index in [1.54, 1.807) is 6.20 Å². The molecule has 3 aromatic rings. The van der Waals surface area contributed by atoms with Gasteiger partial charge < -0.3 is 9.32 Å². The van der Waals surface area contributed by atoms with Crippen LogP contribution in [0.25, 0.3) is 11.3 Å². The van der Waals surface area contributed by atoms with Crippen molar-refractivity contribution >= 4 is 15.9 Å². The third kappa shape index (κ3) is 4.88. The highest BCUT2D eigenvalue weighted by molar-refractivity contribution is 7.89. The predicted octanol–water partition coefficient (Wildman–Crippen LogP) is 3.70. The summed E-state index contributed by atoms with van der Waals surface area (Å²) in [6.45, 7) is 4.23. The first-order chi connectivity index (χ1) is 16.2. The summed E-state index contributed by atoms with van der Waals surface area (Å²) in [5, 5.41) is 0. The van der Waals surface area contributed by atoms with Crippen molar-refractivity contribution in [2.75, 3.05) is 26.2 Å². The zero-order valence-corrected chi connectivity index (χ0v) is 19.7. The molecule has 0 atom stereocenters. The van der Waals surface area contributed by atoms with E-state index in [-0.39, 0.29) is 38.5 Å². The molecule has 0 spiro atoms. The molecule has 34 heavy (non-hydrogen) atoms. The van der Waals surface area contributed by atoms with E-state index in [0.717, 1.165) is 33.6 Å². The van der Waals surface area contributed by atoms with Crippen LogP contribution in [0.3, 0.4) is 0 Å². The van der Waals surface area contributed by atoms with Crippen molar-refractivity contribution in [3.05, 3.63) is 71.2 Å².